The highest BCUT2D eigenvalue weighted by Gasteiger charge is 2.16. The Hall–Kier alpha value is -3.62. The van der Waals surface area contributed by atoms with Gasteiger partial charge in [0, 0.05) is 37.1 Å². The fraction of sp³-hybridized carbons (Fsp3) is 0.318. The number of halogens is 1. The van der Waals surface area contributed by atoms with Crippen molar-refractivity contribution in [3.8, 4) is 5.75 Å². The highest BCUT2D eigenvalue weighted by molar-refractivity contribution is 5.76. The van der Waals surface area contributed by atoms with Gasteiger partial charge >= 0.3 is 6.09 Å². The van der Waals surface area contributed by atoms with Gasteiger partial charge < -0.3 is 24.5 Å². The first-order chi connectivity index (χ1) is 14.8. The van der Waals surface area contributed by atoms with E-state index in [9.17, 15) is 9.18 Å². The molecule has 0 aliphatic heterocycles. The van der Waals surface area contributed by atoms with Crippen LogP contribution in [0.1, 0.15) is 26.3 Å². The number of aromatic nitrogens is 2. The number of rotatable bonds is 8. The molecule has 1 amide bonds. The molecule has 164 valence electrons. The predicted molar refractivity (Wildman–Crippen MR) is 114 cm³/mol. The number of alkyl carbamates (subject to hydrolysis) is 1. The van der Waals surface area contributed by atoms with Crippen LogP contribution in [0.3, 0.4) is 0 Å². The smallest absolute Gasteiger partial charge is 0.407 e. The summed E-state index contributed by atoms with van der Waals surface area (Å²) in [5.41, 5.74) is 1.82. The summed E-state index contributed by atoms with van der Waals surface area (Å²) in [5, 5.41) is 5.60. The summed E-state index contributed by atoms with van der Waals surface area (Å²) in [6.07, 6.45) is 3.25. The molecule has 0 fully saturated rings. The average molecular weight is 428 g/mol. The summed E-state index contributed by atoms with van der Waals surface area (Å²) in [6, 6.07) is 9.32. The molecule has 1 aromatic carbocycles. The van der Waals surface area contributed by atoms with Crippen LogP contribution in [0.5, 0.6) is 5.75 Å². The molecular formula is C22H25FN4O4. The van der Waals surface area contributed by atoms with E-state index in [0.717, 1.165) is 5.56 Å². The maximum atomic E-state index is 13.2. The van der Waals surface area contributed by atoms with Gasteiger partial charge in [-0.3, -0.25) is 4.98 Å². The van der Waals surface area contributed by atoms with E-state index >= 15 is 0 Å². The van der Waals surface area contributed by atoms with E-state index in [1.807, 2.05) is 12.1 Å². The first-order valence-corrected chi connectivity index (χ1v) is 9.73. The first kappa shape index (κ1) is 22.1. The molecule has 8 nitrogen and oxygen atoms in total. The van der Waals surface area contributed by atoms with Gasteiger partial charge in [0.15, 0.2) is 5.58 Å². The Morgan fingerprint density at radius 2 is 2.13 bits per heavy atom. The van der Waals surface area contributed by atoms with Crippen LogP contribution in [0.15, 0.2) is 59.0 Å². The van der Waals surface area contributed by atoms with Gasteiger partial charge in [-0.15, -0.1) is 0 Å². The van der Waals surface area contributed by atoms with Crippen molar-refractivity contribution in [2.24, 2.45) is 0 Å². The maximum Gasteiger partial charge on any atom is 0.407 e. The van der Waals surface area contributed by atoms with Crippen LogP contribution in [0, 0.1) is 0 Å². The van der Waals surface area contributed by atoms with Crippen molar-refractivity contribution >= 4 is 23.2 Å². The van der Waals surface area contributed by atoms with Crippen LogP contribution in [-0.2, 0) is 11.3 Å². The van der Waals surface area contributed by atoms with Crippen molar-refractivity contribution in [2.75, 3.05) is 18.5 Å². The van der Waals surface area contributed by atoms with E-state index in [-0.39, 0.29) is 18.7 Å². The average Bonchev–Trinajstić information content (AvgIpc) is 3.14. The Labute approximate surface area is 179 Å². The van der Waals surface area contributed by atoms with Gasteiger partial charge in [0.2, 0.25) is 0 Å². The van der Waals surface area contributed by atoms with E-state index in [1.54, 1.807) is 51.4 Å². The quantitative estimate of drug-likeness (QED) is 0.541. The Bertz CT molecular complexity index is 1040. The molecule has 2 heterocycles. The van der Waals surface area contributed by atoms with Crippen LogP contribution < -0.4 is 15.4 Å². The summed E-state index contributed by atoms with van der Waals surface area (Å²) < 4.78 is 29.6. The minimum atomic E-state index is -0.627. The van der Waals surface area contributed by atoms with E-state index < -0.39 is 11.7 Å². The van der Waals surface area contributed by atoms with Gasteiger partial charge in [0.25, 0.3) is 6.01 Å². The number of benzene rings is 1. The van der Waals surface area contributed by atoms with Gasteiger partial charge in [0.1, 0.15) is 23.5 Å². The molecule has 3 rings (SSSR count). The lowest BCUT2D eigenvalue weighted by Gasteiger charge is -2.20. The molecule has 0 radical (unpaired) electrons. The van der Waals surface area contributed by atoms with Crippen LogP contribution in [-0.4, -0.2) is 34.8 Å². The lowest BCUT2D eigenvalue weighted by Crippen LogP contribution is -2.34. The normalized spacial score (nSPS) is 11.9. The molecule has 0 aliphatic carbocycles. The third kappa shape index (κ3) is 6.98. The van der Waals surface area contributed by atoms with Crippen LogP contribution in [0.25, 0.3) is 11.1 Å². The lowest BCUT2D eigenvalue weighted by molar-refractivity contribution is 0.0531. The summed E-state index contributed by atoms with van der Waals surface area (Å²) in [6.45, 7) is 5.71. The number of carbonyl (C=O) groups is 1. The number of nitrogens with one attached hydrogen (secondary N) is 2. The van der Waals surface area contributed by atoms with Gasteiger partial charge in [0.05, 0.1) is 6.33 Å². The Morgan fingerprint density at radius 1 is 1.29 bits per heavy atom. The Balaban J connectivity index is 1.53. The standard InChI is InChI=1S/C22H25FN4O4/c1-22(2,3)31-21(28)26-13-16(10-23)14-29-17-6-7-18-19(9-17)30-20(27-18)25-12-15-5-4-8-24-11-15/h4-11H,12-14H2,1-3H3,(H,25,27)(H,26,28). The maximum absolute atomic E-state index is 13.2. The molecule has 0 bridgehead atoms. The molecule has 0 saturated carbocycles. The summed E-state index contributed by atoms with van der Waals surface area (Å²) in [5.74, 6) is 0.485. The topological polar surface area (TPSA) is 98.5 Å². The molecule has 0 spiro atoms. The van der Waals surface area contributed by atoms with Gasteiger partial charge in [-0.05, 0) is 44.5 Å². The molecule has 31 heavy (non-hydrogen) atoms. The molecule has 3 aromatic rings. The molecule has 0 atom stereocenters. The minimum Gasteiger partial charge on any atom is -0.489 e. The van der Waals surface area contributed by atoms with E-state index in [0.29, 0.717) is 35.7 Å². The zero-order valence-electron chi connectivity index (χ0n) is 17.6. The molecule has 0 saturated heterocycles. The Kier molecular flexibility index (Phi) is 7.07. The number of hydrogen-bond acceptors (Lipinski definition) is 7. The molecule has 9 heteroatoms. The fourth-order valence-electron chi connectivity index (χ4n) is 2.55. The predicted octanol–water partition coefficient (Wildman–Crippen LogP) is 4.59. The van der Waals surface area contributed by atoms with Crippen molar-refractivity contribution in [1.29, 1.82) is 0 Å². The summed E-state index contributed by atoms with van der Waals surface area (Å²) in [4.78, 5) is 20.1. The summed E-state index contributed by atoms with van der Waals surface area (Å²) in [7, 11) is 0. The van der Waals surface area contributed by atoms with Crippen molar-refractivity contribution in [1.82, 2.24) is 15.3 Å². The highest BCUT2D eigenvalue weighted by Crippen LogP contribution is 2.24. The molecule has 2 aromatic heterocycles. The SMILES string of the molecule is CC(C)(C)OC(=O)NCC(=CF)COc1ccc2nc(NCc3cccnc3)oc2c1. The van der Waals surface area contributed by atoms with E-state index in [4.69, 9.17) is 13.9 Å². The number of anilines is 1. The second-order valence-corrected chi connectivity index (χ2v) is 7.77. The number of fused-ring (bicyclic) bond motifs is 1. The number of oxazole rings is 1. The van der Waals surface area contributed by atoms with Gasteiger partial charge in [-0.2, -0.15) is 4.98 Å². The van der Waals surface area contributed by atoms with Crippen molar-refractivity contribution in [3.63, 3.8) is 0 Å². The first-order valence-electron chi connectivity index (χ1n) is 9.73. The van der Waals surface area contributed by atoms with E-state index in [1.165, 1.54) is 0 Å². The second-order valence-electron chi connectivity index (χ2n) is 7.77. The summed E-state index contributed by atoms with van der Waals surface area (Å²) >= 11 is 0. The monoisotopic (exact) mass is 428 g/mol. The number of carbonyl (C=O) groups excluding carboxylic acids is 1. The van der Waals surface area contributed by atoms with Crippen molar-refractivity contribution in [3.05, 3.63) is 60.2 Å². The highest BCUT2D eigenvalue weighted by atomic mass is 19.1. The van der Waals surface area contributed by atoms with Crippen LogP contribution >= 0.6 is 0 Å². The number of pyridine rings is 1. The third-order valence-corrected chi connectivity index (χ3v) is 3.96. The third-order valence-electron chi connectivity index (χ3n) is 3.96. The van der Waals surface area contributed by atoms with E-state index in [2.05, 4.69) is 20.6 Å². The van der Waals surface area contributed by atoms with Gasteiger partial charge in [-0.1, -0.05) is 6.07 Å². The van der Waals surface area contributed by atoms with Gasteiger partial charge in [-0.25, -0.2) is 9.18 Å². The number of ether oxygens (including phenoxy) is 2. The van der Waals surface area contributed by atoms with Crippen molar-refractivity contribution in [2.45, 2.75) is 32.9 Å². The van der Waals surface area contributed by atoms with Crippen LogP contribution in [0.4, 0.5) is 15.2 Å². The molecule has 0 aliphatic rings. The molecule has 2 N–H and O–H groups in total. The number of amides is 1. The van der Waals surface area contributed by atoms with Crippen molar-refractivity contribution < 1.29 is 23.1 Å². The fourth-order valence-corrected chi connectivity index (χ4v) is 2.55. The largest absolute Gasteiger partial charge is 0.489 e. The minimum absolute atomic E-state index is 0.0294. The zero-order valence-corrected chi connectivity index (χ0v) is 17.6. The number of hydrogen-bond donors (Lipinski definition) is 2. The number of nitrogens with zero attached hydrogens (tertiary/aromatic N) is 2. The molecule has 0 unspecified atom stereocenters. The molecular weight excluding hydrogens is 403 g/mol. The Morgan fingerprint density at radius 3 is 2.84 bits per heavy atom. The zero-order chi connectivity index (χ0) is 22.3. The second kappa shape index (κ2) is 9.92. The lowest BCUT2D eigenvalue weighted by atomic mass is 10.2. The van der Waals surface area contributed by atoms with Crippen LogP contribution in [0.2, 0.25) is 0 Å².